The van der Waals surface area contributed by atoms with Crippen molar-refractivity contribution in [1.29, 1.82) is 0 Å². The minimum atomic E-state index is 1.12. The van der Waals surface area contributed by atoms with Gasteiger partial charge in [0.1, 0.15) is 11.6 Å². The summed E-state index contributed by atoms with van der Waals surface area (Å²) < 4.78 is 0. The molecule has 0 aromatic heterocycles. The molecule has 3 rings (SSSR count). The lowest BCUT2D eigenvalue weighted by molar-refractivity contribution is 1.30. The van der Waals surface area contributed by atoms with Crippen LogP contribution in [0.4, 0.5) is 0 Å². The summed E-state index contributed by atoms with van der Waals surface area (Å²) in [4.78, 5) is 0. The number of hydrogen-bond donors (Lipinski definition) is 0. The highest BCUT2D eigenvalue weighted by atomic mass is 14.2. The minimum absolute atomic E-state index is 1.12. The van der Waals surface area contributed by atoms with Crippen LogP contribution in [0.1, 0.15) is 17.5 Å². The van der Waals surface area contributed by atoms with E-state index in [0.717, 1.165) is 6.42 Å². The first-order valence-corrected chi connectivity index (χ1v) is 4.29. The lowest BCUT2D eigenvalue weighted by Crippen LogP contribution is -1.78. The van der Waals surface area contributed by atoms with Gasteiger partial charge in [0.25, 0.3) is 0 Å². The number of rotatable bonds is 0. The Balaban J connectivity index is 2.29. The Morgan fingerprint density at radius 2 is 2.08 bits per heavy atom. The van der Waals surface area contributed by atoms with Crippen LogP contribution in [0.3, 0.4) is 0 Å². The Hall–Kier alpha value is -1.43. The molecule has 0 radical (unpaired) electrons. The SMILES string of the molecule is C1=C2C[CH+]C=C2c2ccccc21. The van der Waals surface area contributed by atoms with Crippen LogP contribution in [-0.4, -0.2) is 0 Å². The molecule has 0 bridgehead atoms. The van der Waals surface area contributed by atoms with Crippen molar-refractivity contribution in [2.45, 2.75) is 6.42 Å². The second-order valence-corrected chi connectivity index (χ2v) is 3.28. The number of hydrogen-bond acceptors (Lipinski definition) is 0. The Bertz CT molecular complexity index is 394. The zero-order chi connectivity index (χ0) is 7.97. The molecular formula is C12H9+. The quantitative estimate of drug-likeness (QED) is 0.502. The van der Waals surface area contributed by atoms with E-state index in [1.54, 1.807) is 0 Å². The summed E-state index contributed by atoms with van der Waals surface area (Å²) in [6.45, 7) is 0. The fourth-order valence-electron chi connectivity index (χ4n) is 1.98. The summed E-state index contributed by atoms with van der Waals surface area (Å²) in [7, 11) is 0. The van der Waals surface area contributed by atoms with E-state index < -0.39 is 0 Å². The monoisotopic (exact) mass is 153 g/mol. The average Bonchev–Trinajstić information content (AvgIpc) is 2.62. The number of fused-ring (bicyclic) bond motifs is 3. The van der Waals surface area contributed by atoms with Crippen LogP contribution >= 0.6 is 0 Å². The largest absolute Gasteiger partial charge is 0.118 e. The maximum atomic E-state index is 2.30. The van der Waals surface area contributed by atoms with Crippen molar-refractivity contribution < 1.29 is 0 Å². The topological polar surface area (TPSA) is 0 Å². The van der Waals surface area contributed by atoms with Gasteiger partial charge in [0, 0.05) is 12.0 Å². The summed E-state index contributed by atoms with van der Waals surface area (Å²) in [5, 5.41) is 0. The van der Waals surface area contributed by atoms with E-state index in [2.05, 4.69) is 42.8 Å². The average molecular weight is 153 g/mol. The Kier molecular flexibility index (Phi) is 1.04. The van der Waals surface area contributed by atoms with Gasteiger partial charge in [0.2, 0.25) is 0 Å². The molecule has 0 nitrogen and oxygen atoms in total. The molecule has 2 aliphatic rings. The number of benzene rings is 1. The highest BCUT2D eigenvalue weighted by molar-refractivity contribution is 5.96. The first kappa shape index (κ1) is 6.13. The predicted octanol–water partition coefficient (Wildman–Crippen LogP) is 3.07. The summed E-state index contributed by atoms with van der Waals surface area (Å²) in [5.41, 5.74) is 5.70. The van der Waals surface area contributed by atoms with E-state index >= 15 is 0 Å². The third-order valence-corrected chi connectivity index (χ3v) is 2.55. The molecular weight excluding hydrogens is 144 g/mol. The molecule has 0 heterocycles. The van der Waals surface area contributed by atoms with Gasteiger partial charge in [-0.25, -0.2) is 0 Å². The minimum Gasteiger partial charge on any atom is -0.0615 e. The standard InChI is InChI=1S/C12H9/c1-2-6-11-9(4-1)8-10-5-3-7-12(10)11/h1-4,6-8H,5H2/q+1. The Morgan fingerprint density at radius 3 is 3.08 bits per heavy atom. The third kappa shape index (κ3) is 0.646. The van der Waals surface area contributed by atoms with Gasteiger partial charge in [0.05, 0.1) is 17.6 Å². The fraction of sp³-hybridized carbons (Fsp3) is 0.0833. The summed E-state index contributed by atoms with van der Waals surface area (Å²) >= 11 is 0. The van der Waals surface area contributed by atoms with Gasteiger partial charge < -0.3 is 0 Å². The molecule has 1 aromatic carbocycles. The first-order valence-electron chi connectivity index (χ1n) is 4.29. The van der Waals surface area contributed by atoms with E-state index in [1.807, 2.05) is 0 Å². The molecule has 1 aromatic rings. The molecule has 12 heavy (non-hydrogen) atoms. The highest BCUT2D eigenvalue weighted by Gasteiger charge is 2.29. The molecule has 56 valence electrons. The van der Waals surface area contributed by atoms with Crippen LogP contribution in [0.15, 0.2) is 35.9 Å². The van der Waals surface area contributed by atoms with Gasteiger partial charge in [-0.2, -0.15) is 0 Å². The molecule has 0 N–H and O–H groups in total. The summed E-state index contributed by atoms with van der Waals surface area (Å²) in [6, 6.07) is 8.58. The van der Waals surface area contributed by atoms with Crippen LogP contribution < -0.4 is 0 Å². The van der Waals surface area contributed by atoms with Crippen LogP contribution in [0, 0.1) is 6.42 Å². The molecule has 0 fully saturated rings. The van der Waals surface area contributed by atoms with Gasteiger partial charge in [-0.3, -0.25) is 0 Å². The van der Waals surface area contributed by atoms with E-state index in [9.17, 15) is 0 Å². The lowest BCUT2D eigenvalue weighted by Gasteiger charge is -1.91. The van der Waals surface area contributed by atoms with Crippen LogP contribution in [0.2, 0.25) is 0 Å². The van der Waals surface area contributed by atoms with Crippen LogP contribution in [-0.2, 0) is 0 Å². The van der Waals surface area contributed by atoms with Crippen LogP contribution in [0.25, 0.3) is 11.6 Å². The van der Waals surface area contributed by atoms with Crippen LogP contribution in [0.5, 0.6) is 0 Å². The highest BCUT2D eigenvalue weighted by Crippen LogP contribution is 2.41. The zero-order valence-electron chi connectivity index (χ0n) is 6.75. The van der Waals surface area contributed by atoms with Crippen molar-refractivity contribution in [1.82, 2.24) is 0 Å². The zero-order valence-corrected chi connectivity index (χ0v) is 6.75. The molecule has 2 aliphatic carbocycles. The Morgan fingerprint density at radius 1 is 1.17 bits per heavy atom. The molecule has 0 aliphatic heterocycles. The molecule has 0 heteroatoms. The van der Waals surface area contributed by atoms with E-state index in [0.29, 0.717) is 0 Å². The molecule has 0 amide bonds. The third-order valence-electron chi connectivity index (χ3n) is 2.55. The number of allylic oxidation sites excluding steroid dienone is 3. The maximum Gasteiger partial charge on any atom is 0.118 e. The molecule has 0 saturated heterocycles. The smallest absolute Gasteiger partial charge is 0.0615 e. The molecule has 0 unspecified atom stereocenters. The van der Waals surface area contributed by atoms with Crippen molar-refractivity contribution in [3.05, 3.63) is 53.5 Å². The van der Waals surface area contributed by atoms with Crippen molar-refractivity contribution in [3.63, 3.8) is 0 Å². The van der Waals surface area contributed by atoms with E-state index in [1.165, 1.54) is 22.3 Å². The second-order valence-electron chi connectivity index (χ2n) is 3.28. The summed E-state index contributed by atoms with van der Waals surface area (Å²) in [6.07, 6.45) is 7.88. The maximum absolute atomic E-state index is 2.30. The van der Waals surface area contributed by atoms with E-state index in [-0.39, 0.29) is 0 Å². The van der Waals surface area contributed by atoms with Crippen molar-refractivity contribution >= 4 is 11.6 Å². The lowest BCUT2D eigenvalue weighted by atomic mass is 10.1. The molecule has 0 spiro atoms. The van der Waals surface area contributed by atoms with Crippen molar-refractivity contribution in [2.24, 2.45) is 0 Å². The van der Waals surface area contributed by atoms with Gasteiger partial charge in [-0.15, -0.1) is 0 Å². The second kappa shape index (κ2) is 2.04. The van der Waals surface area contributed by atoms with Gasteiger partial charge in [-0.05, 0) is 12.1 Å². The van der Waals surface area contributed by atoms with E-state index in [4.69, 9.17) is 0 Å². The predicted molar refractivity (Wildman–Crippen MR) is 51.3 cm³/mol. The van der Waals surface area contributed by atoms with Crippen molar-refractivity contribution in [2.75, 3.05) is 0 Å². The van der Waals surface area contributed by atoms with Gasteiger partial charge in [-0.1, -0.05) is 18.2 Å². The normalized spacial score (nSPS) is 17.7. The Labute approximate surface area is 72.2 Å². The fourth-order valence-corrected chi connectivity index (χ4v) is 1.98. The first-order chi connectivity index (χ1) is 5.95. The van der Waals surface area contributed by atoms with Gasteiger partial charge in [0.15, 0.2) is 0 Å². The molecule has 0 saturated carbocycles. The van der Waals surface area contributed by atoms with Crippen molar-refractivity contribution in [3.8, 4) is 0 Å². The van der Waals surface area contributed by atoms with Gasteiger partial charge >= 0.3 is 0 Å². The summed E-state index contributed by atoms with van der Waals surface area (Å²) in [5.74, 6) is 0. The molecule has 0 atom stereocenters.